The molecule has 1 aliphatic rings. The van der Waals surface area contributed by atoms with E-state index < -0.39 is 0 Å². The zero-order chi connectivity index (χ0) is 13.0. The summed E-state index contributed by atoms with van der Waals surface area (Å²) in [4.78, 5) is 2.29. The fourth-order valence-electron chi connectivity index (χ4n) is 2.29. The van der Waals surface area contributed by atoms with Crippen LogP contribution in [0, 0.1) is 11.3 Å². The second-order valence-corrected chi connectivity index (χ2v) is 5.17. The molecule has 1 fully saturated rings. The first-order valence-corrected chi connectivity index (χ1v) is 6.74. The Morgan fingerprint density at radius 1 is 1.33 bits per heavy atom. The first kappa shape index (κ1) is 13.6. The summed E-state index contributed by atoms with van der Waals surface area (Å²) in [7, 11) is 0. The summed E-state index contributed by atoms with van der Waals surface area (Å²) in [5.41, 5.74) is 0.951. The maximum Gasteiger partial charge on any atom is 0.0641 e. The van der Waals surface area contributed by atoms with E-state index in [2.05, 4.69) is 16.3 Å². The third kappa shape index (κ3) is 3.15. The molecule has 0 aliphatic carbocycles. The molecule has 0 spiro atoms. The molecule has 1 aromatic rings. The van der Waals surface area contributed by atoms with E-state index in [1.54, 1.807) is 12.1 Å². The monoisotopic (exact) mass is 283 g/mol. The van der Waals surface area contributed by atoms with Gasteiger partial charge in [0.15, 0.2) is 0 Å². The van der Waals surface area contributed by atoms with Crippen LogP contribution in [-0.2, 0) is 0 Å². The van der Waals surface area contributed by atoms with Crippen LogP contribution in [0.1, 0.15) is 18.0 Å². The highest BCUT2D eigenvalue weighted by Gasteiger charge is 2.23. The van der Waals surface area contributed by atoms with Crippen LogP contribution in [0.15, 0.2) is 18.2 Å². The van der Waals surface area contributed by atoms with Gasteiger partial charge in [0, 0.05) is 42.3 Å². The van der Waals surface area contributed by atoms with Gasteiger partial charge in [0.25, 0.3) is 0 Å². The molecule has 2 rings (SSSR count). The van der Waals surface area contributed by atoms with Gasteiger partial charge in [-0.05, 0) is 23.8 Å². The molecule has 5 heteroatoms. The molecule has 3 nitrogen and oxygen atoms in total. The molecule has 1 atom stereocenters. The lowest BCUT2D eigenvalue weighted by Crippen LogP contribution is -2.45. The van der Waals surface area contributed by atoms with Crippen molar-refractivity contribution in [2.75, 3.05) is 26.2 Å². The van der Waals surface area contributed by atoms with E-state index in [1.165, 1.54) is 0 Å². The SMILES string of the molecule is N#CC[C@H](c1cc(Cl)ccc1Cl)N1CCNCC1. The molecule has 1 aliphatic heterocycles. The van der Waals surface area contributed by atoms with Crippen molar-refractivity contribution in [3.05, 3.63) is 33.8 Å². The minimum absolute atomic E-state index is 0.0308. The molecule has 1 N–H and O–H groups in total. The summed E-state index contributed by atoms with van der Waals surface area (Å²) in [6, 6.07) is 7.72. The fraction of sp³-hybridized carbons (Fsp3) is 0.462. The number of halogens is 2. The fourth-order valence-corrected chi connectivity index (χ4v) is 2.71. The Kier molecular flexibility index (Phi) is 4.85. The number of nitrogens with zero attached hydrogens (tertiary/aromatic N) is 2. The van der Waals surface area contributed by atoms with Crippen molar-refractivity contribution in [3.63, 3.8) is 0 Å². The van der Waals surface area contributed by atoms with Gasteiger partial charge in [-0.1, -0.05) is 23.2 Å². The van der Waals surface area contributed by atoms with E-state index in [0.717, 1.165) is 31.7 Å². The molecule has 0 unspecified atom stereocenters. The van der Waals surface area contributed by atoms with Crippen LogP contribution in [0.25, 0.3) is 0 Å². The summed E-state index contributed by atoms with van der Waals surface area (Å²) in [5, 5.41) is 13.7. The van der Waals surface area contributed by atoms with Gasteiger partial charge in [-0.2, -0.15) is 5.26 Å². The van der Waals surface area contributed by atoms with Crippen molar-refractivity contribution in [1.82, 2.24) is 10.2 Å². The average molecular weight is 284 g/mol. The zero-order valence-electron chi connectivity index (χ0n) is 10.00. The summed E-state index contributed by atoms with van der Waals surface area (Å²) >= 11 is 12.3. The third-order valence-corrected chi connectivity index (χ3v) is 3.77. The molecule has 1 aromatic carbocycles. The van der Waals surface area contributed by atoms with Crippen molar-refractivity contribution >= 4 is 23.2 Å². The Labute approximate surface area is 117 Å². The van der Waals surface area contributed by atoms with Crippen molar-refractivity contribution in [2.45, 2.75) is 12.5 Å². The number of piperazine rings is 1. The highest BCUT2D eigenvalue weighted by atomic mass is 35.5. The molecule has 96 valence electrons. The van der Waals surface area contributed by atoms with Gasteiger partial charge in [-0.15, -0.1) is 0 Å². The number of nitriles is 1. The predicted molar refractivity (Wildman–Crippen MR) is 73.9 cm³/mol. The highest BCUT2D eigenvalue weighted by molar-refractivity contribution is 6.33. The van der Waals surface area contributed by atoms with Crippen LogP contribution < -0.4 is 5.32 Å². The standard InChI is InChI=1S/C13H15Cl2N3/c14-10-1-2-12(15)11(9-10)13(3-4-16)18-7-5-17-6-8-18/h1-2,9,13,17H,3,5-8H2/t13-/m1/s1. The van der Waals surface area contributed by atoms with Crippen molar-refractivity contribution in [3.8, 4) is 6.07 Å². The second kappa shape index (κ2) is 6.40. The second-order valence-electron chi connectivity index (χ2n) is 4.33. The summed E-state index contributed by atoms with van der Waals surface area (Å²) in [6.07, 6.45) is 0.431. The smallest absolute Gasteiger partial charge is 0.0641 e. The maximum atomic E-state index is 9.02. The van der Waals surface area contributed by atoms with Gasteiger partial charge in [0.05, 0.1) is 12.5 Å². The average Bonchev–Trinajstić information content (AvgIpc) is 2.40. The molecule has 1 heterocycles. The Bertz CT molecular complexity index is 450. The van der Waals surface area contributed by atoms with Gasteiger partial charge in [-0.25, -0.2) is 0 Å². The molecule has 1 saturated heterocycles. The summed E-state index contributed by atoms with van der Waals surface area (Å²) < 4.78 is 0. The van der Waals surface area contributed by atoms with Gasteiger partial charge in [0.1, 0.15) is 0 Å². The van der Waals surface area contributed by atoms with Gasteiger partial charge in [0.2, 0.25) is 0 Å². The lowest BCUT2D eigenvalue weighted by Gasteiger charge is -2.34. The molecule has 18 heavy (non-hydrogen) atoms. The van der Waals surface area contributed by atoms with Gasteiger partial charge >= 0.3 is 0 Å². The Balaban J connectivity index is 2.28. The van der Waals surface area contributed by atoms with Crippen LogP contribution in [0.4, 0.5) is 0 Å². The van der Waals surface area contributed by atoms with E-state index in [9.17, 15) is 0 Å². The van der Waals surface area contributed by atoms with E-state index in [1.807, 2.05) is 6.07 Å². The van der Waals surface area contributed by atoms with E-state index in [4.69, 9.17) is 28.5 Å². The number of rotatable bonds is 3. The number of nitrogens with one attached hydrogen (secondary N) is 1. The quantitative estimate of drug-likeness (QED) is 0.927. The zero-order valence-corrected chi connectivity index (χ0v) is 11.5. The van der Waals surface area contributed by atoms with Crippen LogP contribution in [-0.4, -0.2) is 31.1 Å². The molecule has 0 bridgehead atoms. The van der Waals surface area contributed by atoms with E-state index in [-0.39, 0.29) is 6.04 Å². The lowest BCUT2D eigenvalue weighted by molar-refractivity contribution is 0.175. The Hall–Kier alpha value is -0.790. The van der Waals surface area contributed by atoms with E-state index >= 15 is 0 Å². The molecule has 0 aromatic heterocycles. The van der Waals surface area contributed by atoms with Crippen LogP contribution in [0.2, 0.25) is 10.0 Å². The van der Waals surface area contributed by atoms with Crippen molar-refractivity contribution in [2.24, 2.45) is 0 Å². The largest absolute Gasteiger partial charge is 0.314 e. The van der Waals surface area contributed by atoms with E-state index in [0.29, 0.717) is 16.5 Å². The minimum Gasteiger partial charge on any atom is -0.314 e. The lowest BCUT2D eigenvalue weighted by atomic mass is 10.0. The highest BCUT2D eigenvalue weighted by Crippen LogP contribution is 2.32. The maximum absolute atomic E-state index is 9.02. The topological polar surface area (TPSA) is 39.1 Å². The Morgan fingerprint density at radius 3 is 2.72 bits per heavy atom. The first-order chi connectivity index (χ1) is 8.72. The van der Waals surface area contributed by atoms with Crippen molar-refractivity contribution < 1.29 is 0 Å². The van der Waals surface area contributed by atoms with Crippen LogP contribution in [0.5, 0.6) is 0 Å². The number of hydrogen-bond acceptors (Lipinski definition) is 3. The summed E-state index contributed by atoms with van der Waals surface area (Å²) in [5.74, 6) is 0. The molecular weight excluding hydrogens is 269 g/mol. The van der Waals surface area contributed by atoms with Crippen LogP contribution >= 0.6 is 23.2 Å². The van der Waals surface area contributed by atoms with Crippen molar-refractivity contribution in [1.29, 1.82) is 5.26 Å². The Morgan fingerprint density at radius 2 is 2.06 bits per heavy atom. The molecular formula is C13H15Cl2N3. The minimum atomic E-state index is 0.0308. The summed E-state index contributed by atoms with van der Waals surface area (Å²) in [6.45, 7) is 3.74. The molecule has 0 saturated carbocycles. The predicted octanol–water partition coefficient (Wildman–Crippen LogP) is 2.85. The first-order valence-electron chi connectivity index (χ1n) is 5.99. The number of benzene rings is 1. The van der Waals surface area contributed by atoms with Gasteiger partial charge < -0.3 is 5.32 Å². The molecule has 0 radical (unpaired) electrons. The third-order valence-electron chi connectivity index (χ3n) is 3.19. The normalized spacial score (nSPS) is 18.3. The van der Waals surface area contributed by atoms with Gasteiger partial charge in [-0.3, -0.25) is 4.90 Å². The number of hydrogen-bond donors (Lipinski definition) is 1. The molecule has 0 amide bonds. The van der Waals surface area contributed by atoms with Crippen LogP contribution in [0.3, 0.4) is 0 Å².